The summed E-state index contributed by atoms with van der Waals surface area (Å²) in [5, 5.41) is 9.80. The zero-order chi connectivity index (χ0) is 14.3. The number of rotatable bonds is 3. The molecular formula is C12H25N3O3S. The second-order valence-corrected chi connectivity index (χ2v) is 8.59. The van der Waals surface area contributed by atoms with E-state index in [9.17, 15) is 13.5 Å². The molecule has 0 saturated carbocycles. The molecule has 2 heterocycles. The monoisotopic (exact) mass is 291 g/mol. The van der Waals surface area contributed by atoms with Gasteiger partial charge in [0.25, 0.3) is 0 Å². The molecule has 0 spiro atoms. The van der Waals surface area contributed by atoms with Crippen LogP contribution in [0.15, 0.2) is 0 Å². The van der Waals surface area contributed by atoms with E-state index in [4.69, 9.17) is 5.73 Å². The molecule has 0 amide bonds. The molecule has 0 aliphatic carbocycles. The minimum absolute atomic E-state index is 0.0331. The molecule has 19 heavy (non-hydrogen) atoms. The van der Waals surface area contributed by atoms with E-state index in [0.29, 0.717) is 6.54 Å². The van der Waals surface area contributed by atoms with Crippen LogP contribution < -0.4 is 5.73 Å². The topological polar surface area (TPSA) is 86.9 Å². The van der Waals surface area contributed by atoms with Crippen molar-refractivity contribution in [1.82, 2.24) is 9.80 Å². The lowest BCUT2D eigenvalue weighted by atomic mass is 10.1. The summed E-state index contributed by atoms with van der Waals surface area (Å²) in [7, 11) is -2.96. The van der Waals surface area contributed by atoms with E-state index in [1.54, 1.807) is 13.8 Å². The van der Waals surface area contributed by atoms with Gasteiger partial charge in [0.15, 0.2) is 9.84 Å². The van der Waals surface area contributed by atoms with E-state index in [-0.39, 0.29) is 23.6 Å². The Balaban J connectivity index is 1.87. The Morgan fingerprint density at radius 2 is 1.79 bits per heavy atom. The largest absolute Gasteiger partial charge is 0.389 e. The minimum atomic E-state index is -2.96. The van der Waals surface area contributed by atoms with E-state index in [2.05, 4.69) is 9.80 Å². The predicted octanol–water partition coefficient (Wildman–Crippen LogP) is -1.50. The van der Waals surface area contributed by atoms with Gasteiger partial charge in [0, 0.05) is 44.8 Å². The molecule has 0 radical (unpaired) electrons. The van der Waals surface area contributed by atoms with Crippen molar-refractivity contribution in [3.8, 4) is 0 Å². The van der Waals surface area contributed by atoms with Crippen LogP contribution in [0.3, 0.4) is 0 Å². The smallest absolute Gasteiger partial charge is 0.153 e. The van der Waals surface area contributed by atoms with Gasteiger partial charge in [-0.15, -0.1) is 0 Å². The van der Waals surface area contributed by atoms with Crippen LogP contribution in [0, 0.1) is 0 Å². The Labute approximate surface area is 115 Å². The molecule has 6 nitrogen and oxygen atoms in total. The number of nitrogens with two attached hydrogens (primary N) is 1. The van der Waals surface area contributed by atoms with Gasteiger partial charge in [0.05, 0.1) is 17.1 Å². The highest BCUT2D eigenvalue weighted by Crippen LogP contribution is 2.19. The molecule has 2 rings (SSSR count). The van der Waals surface area contributed by atoms with Gasteiger partial charge in [0.1, 0.15) is 0 Å². The van der Waals surface area contributed by atoms with Crippen molar-refractivity contribution in [3.05, 3.63) is 0 Å². The SMILES string of the molecule is CC(C)(O)CN1CCN(C2CS(=O)(=O)CC2N)CC1. The summed E-state index contributed by atoms with van der Waals surface area (Å²) >= 11 is 0. The second-order valence-electron chi connectivity index (χ2n) is 6.43. The summed E-state index contributed by atoms with van der Waals surface area (Å²) in [4.78, 5) is 4.40. The first-order valence-electron chi connectivity index (χ1n) is 6.81. The molecule has 2 aliphatic heterocycles. The van der Waals surface area contributed by atoms with Gasteiger partial charge in [-0.3, -0.25) is 9.80 Å². The van der Waals surface area contributed by atoms with Crippen molar-refractivity contribution in [2.24, 2.45) is 5.73 Å². The number of nitrogens with zero attached hydrogens (tertiary/aromatic N) is 2. The van der Waals surface area contributed by atoms with E-state index in [1.165, 1.54) is 0 Å². The Morgan fingerprint density at radius 3 is 2.21 bits per heavy atom. The highest BCUT2D eigenvalue weighted by molar-refractivity contribution is 7.91. The van der Waals surface area contributed by atoms with Crippen LogP contribution in [0.1, 0.15) is 13.8 Å². The van der Waals surface area contributed by atoms with Crippen molar-refractivity contribution in [3.63, 3.8) is 0 Å². The van der Waals surface area contributed by atoms with E-state index in [1.807, 2.05) is 0 Å². The summed E-state index contributed by atoms with van der Waals surface area (Å²) in [6, 6.07) is -0.292. The number of β-amino-alcohol motifs (C(OH)–C–C–N with tert-alkyl or cyclic N) is 1. The van der Waals surface area contributed by atoms with Crippen LogP contribution in [0.4, 0.5) is 0 Å². The van der Waals surface area contributed by atoms with Crippen molar-refractivity contribution in [2.45, 2.75) is 31.5 Å². The number of sulfone groups is 1. The molecule has 3 N–H and O–H groups in total. The fourth-order valence-electron chi connectivity index (χ4n) is 3.03. The predicted molar refractivity (Wildman–Crippen MR) is 74.7 cm³/mol. The quantitative estimate of drug-likeness (QED) is 0.658. The summed E-state index contributed by atoms with van der Waals surface area (Å²) in [6.45, 7) is 7.61. The summed E-state index contributed by atoms with van der Waals surface area (Å²) in [5.41, 5.74) is 5.26. The first kappa shape index (κ1) is 15.2. The number of piperazine rings is 1. The lowest BCUT2D eigenvalue weighted by Crippen LogP contribution is -2.56. The third-order valence-corrected chi connectivity index (χ3v) is 5.59. The molecule has 2 unspecified atom stereocenters. The van der Waals surface area contributed by atoms with Crippen molar-refractivity contribution in [1.29, 1.82) is 0 Å². The van der Waals surface area contributed by atoms with Gasteiger partial charge in [-0.1, -0.05) is 0 Å². The van der Waals surface area contributed by atoms with Gasteiger partial charge in [-0.05, 0) is 13.8 Å². The van der Waals surface area contributed by atoms with Crippen LogP contribution in [-0.2, 0) is 9.84 Å². The summed E-state index contributed by atoms with van der Waals surface area (Å²) in [6.07, 6.45) is 0. The maximum absolute atomic E-state index is 11.6. The minimum Gasteiger partial charge on any atom is -0.389 e. The molecule has 0 aromatic rings. The van der Waals surface area contributed by atoms with Gasteiger partial charge < -0.3 is 10.8 Å². The van der Waals surface area contributed by atoms with Crippen molar-refractivity contribution < 1.29 is 13.5 Å². The average Bonchev–Trinajstić information content (AvgIpc) is 2.51. The van der Waals surface area contributed by atoms with Gasteiger partial charge in [-0.25, -0.2) is 8.42 Å². The molecule has 0 aromatic heterocycles. The zero-order valence-corrected chi connectivity index (χ0v) is 12.6. The third-order valence-electron chi connectivity index (χ3n) is 3.85. The standard InChI is InChI=1S/C12H25N3O3S/c1-12(2,16)9-14-3-5-15(6-4-14)11-8-19(17,18)7-10(11)13/h10-11,16H,3-9,13H2,1-2H3. The lowest BCUT2D eigenvalue weighted by Gasteiger charge is -2.40. The maximum Gasteiger partial charge on any atom is 0.153 e. The second kappa shape index (κ2) is 5.29. The Morgan fingerprint density at radius 1 is 1.21 bits per heavy atom. The molecule has 2 fully saturated rings. The van der Waals surface area contributed by atoms with Crippen LogP contribution in [0.2, 0.25) is 0 Å². The molecule has 2 saturated heterocycles. The average molecular weight is 291 g/mol. The van der Waals surface area contributed by atoms with E-state index < -0.39 is 15.4 Å². The summed E-state index contributed by atoms with van der Waals surface area (Å²) in [5.74, 6) is 0.307. The number of aliphatic hydroxyl groups is 1. The number of hydrogen-bond acceptors (Lipinski definition) is 6. The van der Waals surface area contributed by atoms with Crippen molar-refractivity contribution in [2.75, 3.05) is 44.2 Å². The lowest BCUT2D eigenvalue weighted by molar-refractivity contribution is 0.0117. The highest BCUT2D eigenvalue weighted by atomic mass is 32.2. The Hall–Kier alpha value is -0.210. The summed E-state index contributed by atoms with van der Waals surface area (Å²) < 4.78 is 23.2. The molecule has 2 aliphatic rings. The van der Waals surface area contributed by atoms with Crippen LogP contribution in [0.5, 0.6) is 0 Å². The highest BCUT2D eigenvalue weighted by Gasteiger charge is 2.39. The van der Waals surface area contributed by atoms with Crippen LogP contribution in [-0.4, -0.2) is 85.2 Å². The third kappa shape index (κ3) is 4.13. The van der Waals surface area contributed by atoms with Gasteiger partial charge in [-0.2, -0.15) is 0 Å². The van der Waals surface area contributed by atoms with Gasteiger partial charge >= 0.3 is 0 Å². The fourth-order valence-corrected chi connectivity index (χ4v) is 4.96. The maximum atomic E-state index is 11.6. The zero-order valence-electron chi connectivity index (χ0n) is 11.7. The van der Waals surface area contributed by atoms with Crippen LogP contribution in [0.25, 0.3) is 0 Å². The fraction of sp³-hybridized carbons (Fsp3) is 1.00. The molecular weight excluding hydrogens is 266 g/mol. The molecule has 112 valence electrons. The normalized spacial score (nSPS) is 33.7. The first-order chi connectivity index (χ1) is 8.66. The van der Waals surface area contributed by atoms with E-state index >= 15 is 0 Å². The van der Waals surface area contributed by atoms with Gasteiger partial charge in [0.2, 0.25) is 0 Å². The molecule has 2 atom stereocenters. The van der Waals surface area contributed by atoms with Crippen molar-refractivity contribution >= 4 is 9.84 Å². The Bertz CT molecular complexity index is 410. The molecule has 7 heteroatoms. The van der Waals surface area contributed by atoms with Crippen LogP contribution >= 0.6 is 0 Å². The molecule has 0 aromatic carbocycles. The Kier molecular flexibility index (Phi) is 4.23. The first-order valence-corrected chi connectivity index (χ1v) is 8.63. The number of hydrogen-bond donors (Lipinski definition) is 2. The van der Waals surface area contributed by atoms with E-state index in [0.717, 1.165) is 26.2 Å². The molecule has 0 bridgehead atoms.